The predicted molar refractivity (Wildman–Crippen MR) is 229 cm³/mol. The highest BCUT2D eigenvalue weighted by molar-refractivity contribution is 7.47. The first-order valence-corrected chi connectivity index (χ1v) is 24.7. The Bertz CT molecular complexity index is 917. The summed E-state index contributed by atoms with van der Waals surface area (Å²) >= 11 is 0. The molecular formula is C45H88NO8P. The van der Waals surface area contributed by atoms with Crippen LogP contribution in [0.15, 0.2) is 12.2 Å². The fourth-order valence-electron chi connectivity index (χ4n) is 6.69. The molecule has 0 aliphatic rings. The highest BCUT2D eigenvalue weighted by Crippen LogP contribution is 2.43. The van der Waals surface area contributed by atoms with Crippen LogP contribution in [0.4, 0.5) is 0 Å². The van der Waals surface area contributed by atoms with Gasteiger partial charge >= 0.3 is 19.8 Å². The lowest BCUT2D eigenvalue weighted by Crippen LogP contribution is -2.29. The van der Waals surface area contributed by atoms with Crippen molar-refractivity contribution in [3.63, 3.8) is 0 Å². The van der Waals surface area contributed by atoms with Crippen LogP contribution in [0.2, 0.25) is 0 Å². The maximum absolute atomic E-state index is 12.6. The van der Waals surface area contributed by atoms with Gasteiger partial charge in [0.25, 0.3) is 0 Å². The number of nitrogens with two attached hydrogens (primary N) is 1. The molecule has 0 fully saturated rings. The van der Waals surface area contributed by atoms with E-state index in [0.29, 0.717) is 6.42 Å². The van der Waals surface area contributed by atoms with Gasteiger partial charge in [-0.25, -0.2) is 4.57 Å². The summed E-state index contributed by atoms with van der Waals surface area (Å²) in [5, 5.41) is 0. The Morgan fingerprint density at radius 2 is 0.891 bits per heavy atom. The lowest BCUT2D eigenvalue weighted by Gasteiger charge is -2.19. The molecule has 0 aromatic heterocycles. The number of phosphoric ester groups is 1. The first-order valence-electron chi connectivity index (χ1n) is 23.2. The number of allylic oxidation sites excluding steroid dienone is 2. The van der Waals surface area contributed by atoms with Crippen LogP contribution in [0.5, 0.6) is 0 Å². The smallest absolute Gasteiger partial charge is 0.462 e. The van der Waals surface area contributed by atoms with Crippen molar-refractivity contribution >= 4 is 19.8 Å². The van der Waals surface area contributed by atoms with E-state index >= 15 is 0 Å². The van der Waals surface area contributed by atoms with E-state index in [1.54, 1.807) is 0 Å². The quantitative estimate of drug-likeness (QED) is 0.0267. The van der Waals surface area contributed by atoms with Gasteiger partial charge in [0.2, 0.25) is 0 Å². The van der Waals surface area contributed by atoms with E-state index in [0.717, 1.165) is 51.4 Å². The molecule has 0 saturated heterocycles. The molecule has 3 N–H and O–H groups in total. The normalized spacial score (nSPS) is 13.3. The third kappa shape index (κ3) is 42.2. The highest BCUT2D eigenvalue weighted by atomic mass is 31.2. The Balaban J connectivity index is 4.04. The molecule has 9 nitrogen and oxygen atoms in total. The minimum absolute atomic E-state index is 0.0552. The van der Waals surface area contributed by atoms with E-state index < -0.39 is 26.5 Å². The van der Waals surface area contributed by atoms with Crippen molar-refractivity contribution < 1.29 is 37.6 Å². The summed E-state index contributed by atoms with van der Waals surface area (Å²) in [7, 11) is -4.37. The fraction of sp³-hybridized carbons (Fsp3) is 0.911. The number of hydrogen-bond donors (Lipinski definition) is 2. The minimum Gasteiger partial charge on any atom is -0.462 e. The van der Waals surface area contributed by atoms with Crippen LogP contribution < -0.4 is 5.73 Å². The molecule has 0 heterocycles. The number of carbonyl (C=O) groups is 2. The third-order valence-corrected chi connectivity index (χ3v) is 11.1. The van der Waals surface area contributed by atoms with E-state index in [2.05, 4.69) is 26.0 Å². The lowest BCUT2D eigenvalue weighted by molar-refractivity contribution is -0.161. The fourth-order valence-corrected chi connectivity index (χ4v) is 7.45. The van der Waals surface area contributed by atoms with Gasteiger partial charge in [-0.05, 0) is 38.5 Å². The molecule has 0 bridgehead atoms. The molecule has 10 heteroatoms. The summed E-state index contributed by atoms with van der Waals surface area (Å²) in [5.41, 5.74) is 5.35. The third-order valence-electron chi connectivity index (χ3n) is 10.2. The second-order valence-electron chi connectivity index (χ2n) is 15.6. The van der Waals surface area contributed by atoms with Crippen LogP contribution in [0, 0.1) is 0 Å². The molecule has 0 radical (unpaired) electrons. The number of rotatable bonds is 44. The monoisotopic (exact) mass is 802 g/mol. The zero-order valence-corrected chi connectivity index (χ0v) is 36.8. The van der Waals surface area contributed by atoms with E-state index in [1.165, 1.54) is 148 Å². The molecule has 55 heavy (non-hydrogen) atoms. The van der Waals surface area contributed by atoms with Crippen molar-refractivity contribution in [2.75, 3.05) is 26.4 Å². The summed E-state index contributed by atoms with van der Waals surface area (Å²) in [4.78, 5) is 34.9. The number of hydrogen-bond acceptors (Lipinski definition) is 8. The van der Waals surface area contributed by atoms with E-state index in [1.807, 2.05) is 0 Å². The molecular weight excluding hydrogens is 713 g/mol. The maximum atomic E-state index is 12.6. The average molecular weight is 802 g/mol. The van der Waals surface area contributed by atoms with E-state index in [4.69, 9.17) is 24.3 Å². The Morgan fingerprint density at radius 3 is 1.31 bits per heavy atom. The molecule has 2 atom stereocenters. The van der Waals surface area contributed by atoms with Crippen LogP contribution >= 0.6 is 7.82 Å². The molecule has 0 spiro atoms. The van der Waals surface area contributed by atoms with Gasteiger partial charge in [-0.15, -0.1) is 0 Å². The van der Waals surface area contributed by atoms with Crippen LogP contribution in [-0.2, 0) is 32.7 Å². The Kier molecular flexibility index (Phi) is 41.4. The van der Waals surface area contributed by atoms with E-state index in [9.17, 15) is 19.0 Å². The van der Waals surface area contributed by atoms with Gasteiger partial charge in [0.05, 0.1) is 13.2 Å². The van der Waals surface area contributed by atoms with Crippen molar-refractivity contribution in [2.45, 2.75) is 238 Å². The lowest BCUT2D eigenvalue weighted by atomic mass is 10.0. The highest BCUT2D eigenvalue weighted by Gasteiger charge is 2.26. The average Bonchev–Trinajstić information content (AvgIpc) is 3.17. The number of unbranched alkanes of at least 4 members (excludes halogenated alkanes) is 29. The zero-order valence-electron chi connectivity index (χ0n) is 35.9. The van der Waals surface area contributed by atoms with Gasteiger partial charge < -0.3 is 20.1 Å². The molecule has 1 unspecified atom stereocenters. The molecule has 0 rings (SSSR count). The predicted octanol–water partition coefficient (Wildman–Crippen LogP) is 13.4. The second kappa shape index (κ2) is 42.4. The number of ether oxygens (including phenoxy) is 2. The van der Waals surface area contributed by atoms with Gasteiger partial charge in [-0.3, -0.25) is 18.6 Å². The number of carbonyl (C=O) groups excluding carboxylic acids is 2. The van der Waals surface area contributed by atoms with Crippen molar-refractivity contribution in [3.8, 4) is 0 Å². The second-order valence-corrected chi connectivity index (χ2v) is 17.1. The summed E-state index contributed by atoms with van der Waals surface area (Å²) in [6.45, 7) is 3.74. The topological polar surface area (TPSA) is 134 Å². The van der Waals surface area contributed by atoms with Crippen molar-refractivity contribution in [1.29, 1.82) is 0 Å². The van der Waals surface area contributed by atoms with Gasteiger partial charge in [-0.2, -0.15) is 0 Å². The molecule has 0 amide bonds. The molecule has 326 valence electrons. The van der Waals surface area contributed by atoms with Crippen LogP contribution in [0.3, 0.4) is 0 Å². The first kappa shape index (κ1) is 53.8. The molecule has 0 aromatic rings. The molecule has 0 aliphatic heterocycles. The zero-order chi connectivity index (χ0) is 40.3. The Hall–Kier alpha value is -1.25. The molecule has 0 aliphatic carbocycles. The van der Waals surface area contributed by atoms with Gasteiger partial charge in [0.15, 0.2) is 6.10 Å². The van der Waals surface area contributed by atoms with Crippen molar-refractivity contribution in [2.24, 2.45) is 5.73 Å². The minimum atomic E-state index is -4.37. The maximum Gasteiger partial charge on any atom is 0.472 e. The van der Waals surface area contributed by atoms with Gasteiger partial charge in [0.1, 0.15) is 6.61 Å². The number of phosphoric acid groups is 1. The summed E-state index contributed by atoms with van der Waals surface area (Å²) in [5.74, 6) is -0.826. The summed E-state index contributed by atoms with van der Waals surface area (Å²) < 4.78 is 32.8. The Labute approximate surface area is 339 Å². The summed E-state index contributed by atoms with van der Waals surface area (Å²) in [6, 6.07) is 0. The molecule has 0 aromatic carbocycles. The van der Waals surface area contributed by atoms with E-state index in [-0.39, 0.29) is 38.6 Å². The Morgan fingerprint density at radius 1 is 0.527 bits per heavy atom. The van der Waals surface area contributed by atoms with Crippen LogP contribution in [0.1, 0.15) is 232 Å². The number of esters is 2. The molecule has 0 saturated carbocycles. The van der Waals surface area contributed by atoms with Crippen molar-refractivity contribution in [1.82, 2.24) is 0 Å². The van der Waals surface area contributed by atoms with Gasteiger partial charge in [-0.1, -0.05) is 193 Å². The standard InChI is InChI=1S/C45H88NO8P/c1-3-5-7-9-11-13-15-17-18-19-20-21-22-23-24-26-28-30-32-34-36-38-45(48)54-43(42-53-55(49,50)52-40-39-46)41-51-44(47)37-35-33-31-29-27-25-16-14-12-10-8-6-4-2/h14,16,43H,3-13,15,17-42,46H2,1-2H3,(H,49,50)/b16-14+/t43-/m1/s1. The van der Waals surface area contributed by atoms with Gasteiger partial charge in [0, 0.05) is 19.4 Å². The van der Waals surface area contributed by atoms with Crippen molar-refractivity contribution in [3.05, 3.63) is 12.2 Å². The summed E-state index contributed by atoms with van der Waals surface area (Å²) in [6.07, 6.45) is 43.9. The largest absolute Gasteiger partial charge is 0.472 e. The van der Waals surface area contributed by atoms with Crippen LogP contribution in [-0.4, -0.2) is 49.3 Å². The SMILES string of the molecule is CCCCCC/C=C/CCCCCCCC(=O)OC[C@H](COP(=O)(O)OCCN)OC(=O)CCCCCCCCCCCCCCCCCCCCCCC. The van der Waals surface area contributed by atoms with Crippen LogP contribution in [0.25, 0.3) is 0 Å². The first-order chi connectivity index (χ1) is 26.8.